The summed E-state index contributed by atoms with van der Waals surface area (Å²) >= 11 is 6.10. The van der Waals surface area contributed by atoms with E-state index >= 15 is 0 Å². The Morgan fingerprint density at radius 3 is 2.81 bits per heavy atom. The van der Waals surface area contributed by atoms with Gasteiger partial charge in [0.1, 0.15) is 41.2 Å². The first kappa shape index (κ1) is 21.9. The summed E-state index contributed by atoms with van der Waals surface area (Å²) in [5, 5.41) is 11.1. The lowest BCUT2D eigenvalue weighted by Gasteiger charge is -2.39. The van der Waals surface area contributed by atoms with Gasteiger partial charge in [-0.3, -0.25) is 0 Å². The standard InChI is InChI=1S/C23H25ClFNO5/c1-29-22(28)19-4-3-17(25)11-21(19)30-14-18(27)13-26-8-6-23(7-9-26)12-15-10-16(24)2-5-20(15)31-23/h2-5,10-11,18,27H,6-9,12-14H2,1H3/t18-/m0/s1. The highest BCUT2D eigenvalue weighted by molar-refractivity contribution is 6.30. The van der Waals surface area contributed by atoms with Crippen LogP contribution in [-0.4, -0.2) is 61.0 Å². The van der Waals surface area contributed by atoms with E-state index in [0.717, 1.165) is 55.8 Å². The van der Waals surface area contributed by atoms with Crippen LogP contribution in [0.1, 0.15) is 28.8 Å². The molecule has 2 aliphatic rings. The van der Waals surface area contributed by atoms with Gasteiger partial charge < -0.3 is 24.2 Å². The number of piperidine rings is 1. The summed E-state index contributed by atoms with van der Waals surface area (Å²) in [6, 6.07) is 9.32. The van der Waals surface area contributed by atoms with Gasteiger partial charge in [-0.2, -0.15) is 0 Å². The molecule has 2 heterocycles. The van der Waals surface area contributed by atoms with Gasteiger partial charge in [0.05, 0.1) is 7.11 Å². The van der Waals surface area contributed by atoms with E-state index in [-0.39, 0.29) is 23.5 Å². The second-order valence-electron chi connectivity index (χ2n) is 8.11. The smallest absolute Gasteiger partial charge is 0.341 e. The summed E-state index contributed by atoms with van der Waals surface area (Å²) in [7, 11) is 1.24. The van der Waals surface area contributed by atoms with Crippen molar-refractivity contribution in [2.24, 2.45) is 0 Å². The number of hydrogen-bond acceptors (Lipinski definition) is 6. The first-order chi connectivity index (χ1) is 14.9. The van der Waals surface area contributed by atoms with Crippen LogP contribution in [0.3, 0.4) is 0 Å². The summed E-state index contributed by atoms with van der Waals surface area (Å²) in [4.78, 5) is 14.0. The Bertz CT molecular complexity index is 961. The fraction of sp³-hybridized carbons (Fsp3) is 0.435. The number of carbonyl (C=O) groups is 1. The molecule has 2 aromatic rings. The SMILES string of the molecule is COC(=O)c1ccc(F)cc1OC[C@@H](O)CN1CCC2(CC1)Cc1cc(Cl)ccc1O2. The number of β-amino-alcohol motifs (C(OH)–C–C–N with tert-alkyl or cyclic N) is 1. The molecule has 31 heavy (non-hydrogen) atoms. The van der Waals surface area contributed by atoms with E-state index in [1.165, 1.54) is 13.2 Å². The van der Waals surface area contributed by atoms with E-state index in [4.69, 9.17) is 21.1 Å². The highest BCUT2D eigenvalue weighted by Gasteiger charge is 2.42. The van der Waals surface area contributed by atoms with E-state index < -0.39 is 17.9 Å². The number of hydrogen-bond donors (Lipinski definition) is 1. The molecule has 1 atom stereocenters. The van der Waals surface area contributed by atoms with E-state index in [0.29, 0.717) is 11.6 Å². The van der Waals surface area contributed by atoms with Crippen molar-refractivity contribution >= 4 is 17.6 Å². The average molecular weight is 450 g/mol. The molecule has 1 fully saturated rings. The number of esters is 1. The molecule has 0 amide bonds. The third kappa shape index (κ3) is 4.95. The van der Waals surface area contributed by atoms with Crippen LogP contribution in [-0.2, 0) is 11.2 Å². The number of aliphatic hydroxyl groups excluding tert-OH is 1. The van der Waals surface area contributed by atoms with Crippen LogP contribution in [0.15, 0.2) is 36.4 Å². The van der Waals surface area contributed by atoms with Crippen molar-refractivity contribution in [3.8, 4) is 11.5 Å². The van der Waals surface area contributed by atoms with Gasteiger partial charge in [-0.1, -0.05) is 11.6 Å². The second-order valence-corrected chi connectivity index (χ2v) is 8.55. The van der Waals surface area contributed by atoms with E-state index in [2.05, 4.69) is 9.64 Å². The van der Waals surface area contributed by atoms with Crippen LogP contribution in [0.2, 0.25) is 5.02 Å². The van der Waals surface area contributed by atoms with Gasteiger partial charge in [-0.05, 0) is 35.9 Å². The normalized spacial score (nSPS) is 18.3. The molecule has 2 aliphatic heterocycles. The maximum absolute atomic E-state index is 13.6. The first-order valence-corrected chi connectivity index (χ1v) is 10.6. The Balaban J connectivity index is 1.28. The monoisotopic (exact) mass is 449 g/mol. The minimum Gasteiger partial charge on any atom is -0.490 e. The van der Waals surface area contributed by atoms with Gasteiger partial charge in [0.2, 0.25) is 0 Å². The number of halogens is 2. The zero-order valence-electron chi connectivity index (χ0n) is 17.3. The van der Waals surface area contributed by atoms with Gasteiger partial charge in [-0.25, -0.2) is 9.18 Å². The molecule has 1 spiro atoms. The predicted molar refractivity (Wildman–Crippen MR) is 113 cm³/mol. The molecule has 0 unspecified atom stereocenters. The first-order valence-electron chi connectivity index (χ1n) is 10.3. The van der Waals surface area contributed by atoms with Crippen molar-refractivity contribution in [1.82, 2.24) is 4.90 Å². The van der Waals surface area contributed by atoms with Gasteiger partial charge in [0.15, 0.2) is 0 Å². The quantitative estimate of drug-likeness (QED) is 0.681. The Morgan fingerprint density at radius 2 is 2.06 bits per heavy atom. The van der Waals surface area contributed by atoms with Crippen molar-refractivity contribution in [1.29, 1.82) is 0 Å². The van der Waals surface area contributed by atoms with Gasteiger partial charge >= 0.3 is 5.97 Å². The fourth-order valence-corrected chi connectivity index (χ4v) is 4.45. The Labute approximate surface area is 185 Å². The molecule has 166 valence electrons. The van der Waals surface area contributed by atoms with E-state index in [9.17, 15) is 14.3 Å². The molecule has 0 bridgehead atoms. The Hall–Kier alpha value is -2.35. The molecular weight excluding hydrogens is 425 g/mol. The molecular formula is C23H25ClFNO5. The minimum absolute atomic E-state index is 0.0549. The number of rotatable bonds is 6. The lowest BCUT2D eigenvalue weighted by atomic mass is 9.87. The van der Waals surface area contributed by atoms with Gasteiger partial charge in [-0.15, -0.1) is 0 Å². The lowest BCUT2D eigenvalue weighted by molar-refractivity contribution is -0.00206. The molecule has 1 N–H and O–H groups in total. The third-order valence-corrected chi connectivity index (χ3v) is 6.11. The number of ether oxygens (including phenoxy) is 3. The van der Waals surface area contributed by atoms with Gasteiger partial charge in [0, 0.05) is 50.0 Å². The van der Waals surface area contributed by atoms with E-state index in [1.54, 1.807) is 0 Å². The van der Waals surface area contributed by atoms with Crippen LogP contribution < -0.4 is 9.47 Å². The van der Waals surface area contributed by atoms with E-state index in [1.807, 2.05) is 18.2 Å². The number of benzene rings is 2. The van der Waals surface area contributed by atoms with Crippen LogP contribution in [0, 0.1) is 5.82 Å². The van der Waals surface area contributed by atoms with Crippen molar-refractivity contribution in [3.05, 3.63) is 58.4 Å². The molecule has 0 radical (unpaired) electrons. The second kappa shape index (κ2) is 9.02. The summed E-state index contributed by atoms with van der Waals surface area (Å²) in [6.07, 6.45) is 1.76. The van der Waals surface area contributed by atoms with Gasteiger partial charge in [0.25, 0.3) is 0 Å². The van der Waals surface area contributed by atoms with Crippen molar-refractivity contribution in [3.63, 3.8) is 0 Å². The fourth-order valence-electron chi connectivity index (χ4n) is 4.26. The number of methoxy groups -OCH3 is 1. The number of carbonyl (C=O) groups excluding carboxylic acids is 1. The molecule has 2 aromatic carbocycles. The summed E-state index contributed by atoms with van der Waals surface area (Å²) in [5.41, 5.74) is 1.06. The Morgan fingerprint density at radius 1 is 1.29 bits per heavy atom. The summed E-state index contributed by atoms with van der Waals surface area (Å²) < 4.78 is 30.0. The molecule has 0 saturated carbocycles. The zero-order valence-corrected chi connectivity index (χ0v) is 18.0. The number of fused-ring (bicyclic) bond motifs is 1. The minimum atomic E-state index is -0.789. The third-order valence-electron chi connectivity index (χ3n) is 5.88. The average Bonchev–Trinajstić information content (AvgIpc) is 3.10. The lowest BCUT2D eigenvalue weighted by Crippen LogP contribution is -2.49. The number of aliphatic hydroxyl groups is 1. The highest BCUT2D eigenvalue weighted by Crippen LogP contribution is 2.41. The number of nitrogens with zero attached hydrogens (tertiary/aromatic N) is 1. The zero-order chi connectivity index (χ0) is 22.0. The van der Waals surface area contributed by atoms with Crippen LogP contribution in [0.5, 0.6) is 11.5 Å². The van der Waals surface area contributed by atoms with Crippen LogP contribution in [0.25, 0.3) is 0 Å². The molecule has 1 saturated heterocycles. The van der Waals surface area contributed by atoms with Crippen LogP contribution in [0.4, 0.5) is 4.39 Å². The molecule has 0 aromatic heterocycles. The number of likely N-dealkylation sites (tertiary alicyclic amines) is 1. The maximum Gasteiger partial charge on any atom is 0.341 e. The Kier molecular flexibility index (Phi) is 6.36. The largest absolute Gasteiger partial charge is 0.490 e. The molecule has 6 nitrogen and oxygen atoms in total. The highest BCUT2D eigenvalue weighted by atomic mass is 35.5. The molecule has 0 aliphatic carbocycles. The maximum atomic E-state index is 13.6. The van der Waals surface area contributed by atoms with Crippen molar-refractivity contribution < 1.29 is 28.5 Å². The summed E-state index contributed by atoms with van der Waals surface area (Å²) in [6.45, 7) is 1.92. The summed E-state index contributed by atoms with van der Waals surface area (Å²) in [5.74, 6) is -0.191. The predicted octanol–water partition coefficient (Wildman–Crippen LogP) is 3.48. The van der Waals surface area contributed by atoms with Crippen molar-refractivity contribution in [2.75, 3.05) is 33.4 Å². The van der Waals surface area contributed by atoms with Crippen molar-refractivity contribution in [2.45, 2.75) is 31.0 Å². The topological polar surface area (TPSA) is 68.2 Å². The molecule has 8 heteroatoms. The van der Waals surface area contributed by atoms with Crippen LogP contribution >= 0.6 is 11.6 Å². The molecule has 4 rings (SSSR count).